The second kappa shape index (κ2) is 8.18. The highest BCUT2D eigenvalue weighted by atomic mass is 16.6. The lowest BCUT2D eigenvalue weighted by Gasteiger charge is -2.26. The van der Waals surface area contributed by atoms with Gasteiger partial charge in [0.25, 0.3) is 11.8 Å². The van der Waals surface area contributed by atoms with Gasteiger partial charge in [-0.25, -0.2) is 0 Å². The third-order valence-corrected chi connectivity index (χ3v) is 5.35. The number of rotatable bonds is 6. The first-order chi connectivity index (χ1) is 14.5. The third-order valence-electron chi connectivity index (χ3n) is 5.35. The fraction of sp³-hybridized carbons (Fsp3) is 0.348. The fourth-order valence-corrected chi connectivity index (χ4v) is 3.79. The van der Waals surface area contributed by atoms with E-state index in [1.54, 1.807) is 24.3 Å². The van der Waals surface area contributed by atoms with Crippen LogP contribution in [0, 0.1) is 5.92 Å². The molecule has 2 heterocycles. The lowest BCUT2D eigenvalue weighted by Crippen LogP contribution is -2.37. The molecule has 2 aliphatic heterocycles. The number of nitrogens with zero attached hydrogens (tertiary/aromatic N) is 1. The molecule has 0 bridgehead atoms. The summed E-state index contributed by atoms with van der Waals surface area (Å²) >= 11 is 0. The van der Waals surface area contributed by atoms with Crippen LogP contribution in [0.15, 0.2) is 42.5 Å². The summed E-state index contributed by atoms with van der Waals surface area (Å²) in [5.41, 5.74) is 1.70. The quantitative estimate of drug-likeness (QED) is 0.743. The Morgan fingerprint density at radius 3 is 2.27 bits per heavy atom. The second-order valence-corrected chi connectivity index (χ2v) is 7.75. The summed E-state index contributed by atoms with van der Waals surface area (Å²) in [7, 11) is 0. The van der Waals surface area contributed by atoms with E-state index in [1.165, 1.54) is 0 Å². The van der Waals surface area contributed by atoms with E-state index in [9.17, 15) is 14.4 Å². The van der Waals surface area contributed by atoms with Gasteiger partial charge in [-0.05, 0) is 35.7 Å². The fourth-order valence-electron chi connectivity index (χ4n) is 3.79. The maximum absolute atomic E-state index is 12.6. The summed E-state index contributed by atoms with van der Waals surface area (Å²) in [6, 6.07) is 12.1. The van der Waals surface area contributed by atoms with Gasteiger partial charge >= 0.3 is 0 Å². The maximum Gasteiger partial charge on any atom is 0.261 e. The molecule has 2 aliphatic rings. The van der Waals surface area contributed by atoms with E-state index in [1.807, 2.05) is 32.0 Å². The van der Waals surface area contributed by atoms with Crippen LogP contribution < -0.4 is 14.8 Å². The van der Waals surface area contributed by atoms with Crippen LogP contribution in [-0.4, -0.2) is 42.4 Å². The van der Waals surface area contributed by atoms with Crippen LogP contribution in [-0.2, 0) is 4.79 Å². The monoisotopic (exact) mass is 408 g/mol. The summed E-state index contributed by atoms with van der Waals surface area (Å²) < 4.78 is 11.2. The summed E-state index contributed by atoms with van der Waals surface area (Å²) in [5.74, 6) is 0.580. The van der Waals surface area contributed by atoms with Crippen molar-refractivity contribution in [2.45, 2.75) is 26.3 Å². The van der Waals surface area contributed by atoms with Gasteiger partial charge in [-0.2, -0.15) is 0 Å². The molecule has 0 fully saturated rings. The summed E-state index contributed by atoms with van der Waals surface area (Å²) in [6.45, 7) is 5.10. The zero-order valence-electron chi connectivity index (χ0n) is 17.0. The van der Waals surface area contributed by atoms with Crippen molar-refractivity contribution >= 4 is 17.7 Å². The molecule has 7 nitrogen and oxygen atoms in total. The van der Waals surface area contributed by atoms with Crippen LogP contribution in [0.4, 0.5) is 0 Å². The number of carbonyl (C=O) groups excluding carboxylic acids is 3. The SMILES string of the molecule is CC(C)C(NC(=O)CCN1C(=O)c2ccccc2C1=O)c1ccc2c(c1)OCCO2. The van der Waals surface area contributed by atoms with E-state index in [-0.39, 0.29) is 42.6 Å². The highest BCUT2D eigenvalue weighted by Crippen LogP contribution is 2.34. The van der Waals surface area contributed by atoms with Crippen LogP contribution in [0.5, 0.6) is 11.5 Å². The number of hydrogen-bond donors (Lipinski definition) is 1. The molecule has 1 unspecified atom stereocenters. The van der Waals surface area contributed by atoms with E-state index >= 15 is 0 Å². The molecule has 2 aromatic carbocycles. The minimum absolute atomic E-state index is 0.0409. The average molecular weight is 408 g/mol. The molecule has 0 aliphatic carbocycles. The zero-order chi connectivity index (χ0) is 21.3. The molecule has 1 atom stereocenters. The van der Waals surface area contributed by atoms with Crippen LogP contribution in [0.1, 0.15) is 52.6 Å². The topological polar surface area (TPSA) is 84.9 Å². The van der Waals surface area contributed by atoms with Crippen molar-refractivity contribution in [3.63, 3.8) is 0 Å². The van der Waals surface area contributed by atoms with Gasteiger partial charge in [0.2, 0.25) is 5.91 Å². The Balaban J connectivity index is 1.41. The highest BCUT2D eigenvalue weighted by molar-refractivity contribution is 6.21. The lowest BCUT2D eigenvalue weighted by atomic mass is 9.95. The molecular formula is C23H24N2O5. The Morgan fingerprint density at radius 1 is 1.00 bits per heavy atom. The van der Waals surface area contributed by atoms with E-state index < -0.39 is 0 Å². The minimum Gasteiger partial charge on any atom is -0.486 e. The molecule has 4 rings (SSSR count). The molecule has 0 saturated heterocycles. The molecule has 3 amide bonds. The molecule has 7 heteroatoms. The number of nitrogens with one attached hydrogen (secondary N) is 1. The van der Waals surface area contributed by atoms with Gasteiger partial charge < -0.3 is 14.8 Å². The van der Waals surface area contributed by atoms with Crippen LogP contribution in [0.2, 0.25) is 0 Å². The summed E-state index contributed by atoms with van der Waals surface area (Å²) in [4.78, 5) is 38.7. The van der Waals surface area contributed by atoms with Gasteiger partial charge in [-0.3, -0.25) is 19.3 Å². The minimum atomic E-state index is -0.351. The van der Waals surface area contributed by atoms with Gasteiger partial charge in [-0.1, -0.05) is 32.0 Å². The predicted molar refractivity (Wildman–Crippen MR) is 110 cm³/mol. The van der Waals surface area contributed by atoms with E-state index in [0.29, 0.717) is 35.8 Å². The number of carbonyl (C=O) groups is 3. The Hall–Kier alpha value is -3.35. The van der Waals surface area contributed by atoms with Crippen molar-refractivity contribution in [2.24, 2.45) is 5.92 Å². The Morgan fingerprint density at radius 2 is 1.63 bits per heavy atom. The Kier molecular flexibility index (Phi) is 5.44. The first-order valence-electron chi connectivity index (χ1n) is 10.1. The van der Waals surface area contributed by atoms with Crippen molar-refractivity contribution in [3.05, 3.63) is 59.2 Å². The van der Waals surface area contributed by atoms with Crippen LogP contribution >= 0.6 is 0 Å². The zero-order valence-corrected chi connectivity index (χ0v) is 17.0. The van der Waals surface area contributed by atoms with Crippen molar-refractivity contribution in [2.75, 3.05) is 19.8 Å². The number of imide groups is 1. The molecule has 0 radical (unpaired) electrons. The highest BCUT2D eigenvalue weighted by Gasteiger charge is 2.35. The number of benzene rings is 2. The van der Waals surface area contributed by atoms with Crippen molar-refractivity contribution in [3.8, 4) is 11.5 Å². The van der Waals surface area contributed by atoms with E-state index in [4.69, 9.17) is 9.47 Å². The van der Waals surface area contributed by atoms with Gasteiger partial charge in [-0.15, -0.1) is 0 Å². The second-order valence-electron chi connectivity index (χ2n) is 7.75. The number of fused-ring (bicyclic) bond motifs is 2. The number of amides is 3. The number of ether oxygens (including phenoxy) is 2. The van der Waals surface area contributed by atoms with Crippen LogP contribution in [0.3, 0.4) is 0 Å². The van der Waals surface area contributed by atoms with Gasteiger partial charge in [0, 0.05) is 13.0 Å². The smallest absolute Gasteiger partial charge is 0.261 e. The molecule has 30 heavy (non-hydrogen) atoms. The average Bonchev–Trinajstić information content (AvgIpc) is 3.00. The van der Waals surface area contributed by atoms with Gasteiger partial charge in [0.05, 0.1) is 17.2 Å². The van der Waals surface area contributed by atoms with Crippen molar-refractivity contribution in [1.82, 2.24) is 10.2 Å². The van der Waals surface area contributed by atoms with Crippen molar-refractivity contribution in [1.29, 1.82) is 0 Å². The summed E-state index contributed by atoms with van der Waals surface area (Å²) in [5, 5.41) is 3.03. The van der Waals surface area contributed by atoms with E-state index in [0.717, 1.165) is 10.5 Å². The number of hydrogen-bond acceptors (Lipinski definition) is 5. The lowest BCUT2D eigenvalue weighted by molar-refractivity contribution is -0.122. The largest absolute Gasteiger partial charge is 0.486 e. The normalized spacial score (nSPS) is 15.9. The predicted octanol–water partition coefficient (Wildman–Crippen LogP) is 2.96. The molecule has 0 aromatic heterocycles. The molecule has 0 saturated carbocycles. The molecule has 0 spiro atoms. The molecule has 1 N–H and O–H groups in total. The van der Waals surface area contributed by atoms with Crippen molar-refractivity contribution < 1.29 is 23.9 Å². The first kappa shape index (κ1) is 19.9. The Bertz CT molecular complexity index is 966. The van der Waals surface area contributed by atoms with Gasteiger partial charge in [0.1, 0.15) is 13.2 Å². The first-order valence-corrected chi connectivity index (χ1v) is 10.1. The molecular weight excluding hydrogens is 384 g/mol. The third kappa shape index (κ3) is 3.75. The Labute approximate surface area is 175 Å². The maximum atomic E-state index is 12.6. The molecule has 156 valence electrons. The molecule has 2 aromatic rings. The van der Waals surface area contributed by atoms with Crippen LogP contribution in [0.25, 0.3) is 0 Å². The van der Waals surface area contributed by atoms with E-state index in [2.05, 4.69) is 5.32 Å². The van der Waals surface area contributed by atoms with Gasteiger partial charge in [0.15, 0.2) is 11.5 Å². The standard InChI is InChI=1S/C23H24N2O5/c1-14(2)21(15-7-8-18-19(13-15)30-12-11-29-18)24-20(26)9-10-25-22(27)16-5-3-4-6-17(16)23(25)28/h3-8,13-14,21H,9-12H2,1-2H3,(H,24,26). The summed E-state index contributed by atoms with van der Waals surface area (Å²) in [6.07, 6.45) is 0.0409.